The van der Waals surface area contributed by atoms with Crippen molar-refractivity contribution in [3.8, 4) is 0 Å². The van der Waals surface area contributed by atoms with Crippen LogP contribution in [0.3, 0.4) is 0 Å². The second-order valence-electron chi connectivity index (χ2n) is 5.85. The lowest BCUT2D eigenvalue weighted by atomic mass is 10.0. The molecule has 0 spiro atoms. The maximum absolute atomic E-state index is 12.0. The van der Waals surface area contributed by atoms with E-state index in [1.54, 1.807) is 16.2 Å². The van der Waals surface area contributed by atoms with Gasteiger partial charge in [-0.25, -0.2) is 9.78 Å². The van der Waals surface area contributed by atoms with Crippen LogP contribution in [0.25, 0.3) is 0 Å². The Morgan fingerprint density at radius 1 is 1.53 bits per heavy atom. The number of thiazole rings is 1. The number of aromatic nitrogens is 1. The number of aliphatic hydroxyl groups is 1. The van der Waals surface area contributed by atoms with Crippen LogP contribution in [0.1, 0.15) is 37.4 Å². The fourth-order valence-electron chi connectivity index (χ4n) is 2.10. The largest absolute Gasteiger partial charge is 0.444 e. The fraction of sp³-hybridized carbons (Fsp3) is 0.692. The number of carbonyl (C=O) groups is 1. The minimum Gasteiger partial charge on any atom is -0.444 e. The molecule has 1 aromatic heterocycles. The highest BCUT2D eigenvalue weighted by atomic mass is 32.1. The van der Waals surface area contributed by atoms with E-state index in [4.69, 9.17) is 4.74 Å². The van der Waals surface area contributed by atoms with E-state index in [1.165, 1.54) is 0 Å². The maximum Gasteiger partial charge on any atom is 0.410 e. The number of aryl methyl sites for hydroxylation is 1. The van der Waals surface area contributed by atoms with Crippen molar-refractivity contribution in [3.05, 3.63) is 16.1 Å². The normalized spacial score (nSPS) is 23.7. The zero-order chi connectivity index (χ0) is 14.2. The second kappa shape index (κ2) is 5.09. The van der Waals surface area contributed by atoms with Gasteiger partial charge in [0, 0.05) is 17.8 Å². The van der Waals surface area contributed by atoms with Crippen molar-refractivity contribution >= 4 is 17.4 Å². The average molecular weight is 284 g/mol. The summed E-state index contributed by atoms with van der Waals surface area (Å²) in [7, 11) is 0. The molecule has 2 rings (SSSR count). The van der Waals surface area contributed by atoms with Gasteiger partial charge in [0.1, 0.15) is 5.60 Å². The lowest BCUT2D eigenvalue weighted by molar-refractivity contribution is 0.0270. The number of aliphatic hydroxyl groups excluding tert-OH is 1. The van der Waals surface area contributed by atoms with Gasteiger partial charge in [0.2, 0.25) is 0 Å². The topological polar surface area (TPSA) is 62.7 Å². The van der Waals surface area contributed by atoms with Crippen LogP contribution < -0.4 is 0 Å². The van der Waals surface area contributed by atoms with Gasteiger partial charge in [0.25, 0.3) is 0 Å². The molecule has 5 nitrogen and oxygen atoms in total. The number of amides is 1. The number of rotatable bonds is 1. The highest BCUT2D eigenvalue weighted by Gasteiger charge is 2.37. The number of nitrogens with zero attached hydrogens (tertiary/aromatic N) is 2. The number of ether oxygens (including phenoxy) is 1. The molecule has 2 atom stereocenters. The average Bonchev–Trinajstić information content (AvgIpc) is 2.82. The Kier molecular flexibility index (Phi) is 3.82. The van der Waals surface area contributed by atoms with Crippen LogP contribution in [0.5, 0.6) is 0 Å². The number of carbonyl (C=O) groups excluding carboxylic acids is 1. The molecule has 0 aliphatic carbocycles. The molecule has 19 heavy (non-hydrogen) atoms. The molecular weight excluding hydrogens is 264 g/mol. The van der Waals surface area contributed by atoms with E-state index in [2.05, 4.69) is 4.98 Å². The monoisotopic (exact) mass is 284 g/mol. The fourth-order valence-corrected chi connectivity index (χ4v) is 2.78. The van der Waals surface area contributed by atoms with Crippen LogP contribution in [-0.4, -0.2) is 45.9 Å². The summed E-state index contributed by atoms with van der Waals surface area (Å²) in [6, 6.07) is 0. The van der Waals surface area contributed by atoms with Crippen molar-refractivity contribution in [2.45, 2.75) is 45.3 Å². The van der Waals surface area contributed by atoms with Gasteiger partial charge in [-0.15, -0.1) is 11.3 Å². The highest BCUT2D eigenvalue weighted by molar-refractivity contribution is 7.09. The summed E-state index contributed by atoms with van der Waals surface area (Å²) >= 11 is 1.56. The van der Waals surface area contributed by atoms with Crippen molar-refractivity contribution in [1.82, 2.24) is 9.88 Å². The third kappa shape index (κ3) is 3.45. The molecule has 0 bridgehead atoms. The molecule has 1 aromatic rings. The number of β-amino-alcohol motifs (C(OH)–C–C–N with tert-alkyl or cyclic N) is 1. The van der Waals surface area contributed by atoms with E-state index in [-0.39, 0.29) is 12.0 Å². The number of hydrogen-bond acceptors (Lipinski definition) is 5. The van der Waals surface area contributed by atoms with Crippen LogP contribution in [0.15, 0.2) is 5.38 Å². The van der Waals surface area contributed by atoms with Gasteiger partial charge in [-0.05, 0) is 27.7 Å². The van der Waals surface area contributed by atoms with E-state index >= 15 is 0 Å². The van der Waals surface area contributed by atoms with E-state index in [9.17, 15) is 9.90 Å². The molecule has 1 aliphatic heterocycles. The molecule has 1 fully saturated rings. The molecule has 1 aliphatic rings. The molecule has 1 saturated heterocycles. The smallest absolute Gasteiger partial charge is 0.410 e. The minimum absolute atomic E-state index is 0.113. The van der Waals surface area contributed by atoms with Gasteiger partial charge < -0.3 is 14.7 Å². The predicted octanol–water partition coefficient (Wildman–Crippen LogP) is 2.15. The molecule has 106 valence electrons. The summed E-state index contributed by atoms with van der Waals surface area (Å²) < 4.78 is 5.32. The lowest BCUT2D eigenvalue weighted by Gasteiger charge is -2.24. The summed E-state index contributed by atoms with van der Waals surface area (Å²) in [5, 5.41) is 13.0. The van der Waals surface area contributed by atoms with E-state index in [0.29, 0.717) is 13.1 Å². The minimum atomic E-state index is -0.575. The molecule has 2 heterocycles. The lowest BCUT2D eigenvalue weighted by Crippen LogP contribution is -2.35. The van der Waals surface area contributed by atoms with Crippen LogP contribution in [0, 0.1) is 6.92 Å². The highest BCUT2D eigenvalue weighted by Crippen LogP contribution is 2.29. The molecule has 2 unspecified atom stereocenters. The summed E-state index contributed by atoms with van der Waals surface area (Å²) in [6.07, 6.45) is -0.949. The van der Waals surface area contributed by atoms with Gasteiger partial charge >= 0.3 is 6.09 Å². The Morgan fingerprint density at radius 3 is 2.74 bits per heavy atom. The quantitative estimate of drug-likeness (QED) is 0.858. The summed E-state index contributed by atoms with van der Waals surface area (Å²) in [5.74, 6) is -0.113. The summed E-state index contributed by atoms with van der Waals surface area (Å²) in [5.41, 5.74) is 0.346. The first-order valence-corrected chi connectivity index (χ1v) is 7.22. The maximum atomic E-state index is 12.0. The van der Waals surface area contributed by atoms with E-state index in [0.717, 1.165) is 10.7 Å². The van der Waals surface area contributed by atoms with Crippen molar-refractivity contribution in [1.29, 1.82) is 0 Å². The first-order valence-electron chi connectivity index (χ1n) is 6.34. The Hall–Kier alpha value is -1.14. The molecule has 6 heteroatoms. The number of likely N-dealkylation sites (tertiary alicyclic amines) is 1. The summed E-state index contributed by atoms with van der Waals surface area (Å²) in [6.45, 7) is 8.19. The van der Waals surface area contributed by atoms with Crippen molar-refractivity contribution in [3.63, 3.8) is 0 Å². The molecule has 1 amide bonds. The third-order valence-corrected chi connectivity index (χ3v) is 3.75. The first kappa shape index (κ1) is 14.3. The molecule has 1 N–H and O–H groups in total. The van der Waals surface area contributed by atoms with E-state index < -0.39 is 11.7 Å². The number of hydrogen-bond donors (Lipinski definition) is 1. The van der Waals surface area contributed by atoms with Crippen molar-refractivity contribution in [2.75, 3.05) is 13.1 Å². The molecule has 0 aromatic carbocycles. The Bertz CT molecular complexity index is 467. The Balaban J connectivity index is 2.03. The van der Waals surface area contributed by atoms with Crippen LogP contribution >= 0.6 is 11.3 Å². The van der Waals surface area contributed by atoms with Crippen molar-refractivity contribution < 1.29 is 14.6 Å². The SMILES string of the molecule is Cc1nc(C2CN(C(=O)OC(C)(C)C)CC2O)cs1. The van der Waals surface area contributed by atoms with Crippen molar-refractivity contribution in [2.24, 2.45) is 0 Å². The Morgan fingerprint density at radius 2 is 2.21 bits per heavy atom. The third-order valence-electron chi connectivity index (χ3n) is 2.96. The van der Waals surface area contributed by atoms with Gasteiger partial charge in [-0.2, -0.15) is 0 Å². The molecular formula is C13H20N2O3S. The van der Waals surface area contributed by atoms with Gasteiger partial charge in [0.15, 0.2) is 0 Å². The molecule has 0 saturated carbocycles. The zero-order valence-corrected chi connectivity index (χ0v) is 12.5. The predicted molar refractivity (Wildman–Crippen MR) is 73.4 cm³/mol. The van der Waals surface area contributed by atoms with Crippen LogP contribution in [0.4, 0.5) is 4.79 Å². The van der Waals surface area contributed by atoms with Gasteiger partial charge in [0.05, 0.1) is 23.4 Å². The van der Waals surface area contributed by atoms with Gasteiger partial charge in [-0.3, -0.25) is 0 Å². The van der Waals surface area contributed by atoms with Crippen LogP contribution in [0.2, 0.25) is 0 Å². The molecule has 0 radical (unpaired) electrons. The second-order valence-corrected chi connectivity index (χ2v) is 6.91. The standard InChI is InChI=1S/C13H20N2O3S/c1-8-14-10(7-19-8)9-5-15(6-11(9)16)12(17)18-13(2,3)4/h7,9,11,16H,5-6H2,1-4H3. The zero-order valence-electron chi connectivity index (χ0n) is 11.7. The van der Waals surface area contributed by atoms with E-state index in [1.807, 2.05) is 33.1 Å². The van der Waals surface area contributed by atoms with Crippen LogP contribution in [-0.2, 0) is 4.74 Å². The first-order chi connectivity index (χ1) is 8.76. The Labute approximate surface area is 117 Å². The van der Waals surface area contributed by atoms with Gasteiger partial charge in [-0.1, -0.05) is 0 Å². The summed E-state index contributed by atoms with van der Waals surface area (Å²) in [4.78, 5) is 17.9.